The summed E-state index contributed by atoms with van der Waals surface area (Å²) in [6.45, 7) is 5.61. The second kappa shape index (κ2) is 9.88. The van der Waals surface area contributed by atoms with Crippen LogP contribution in [0.3, 0.4) is 0 Å². The summed E-state index contributed by atoms with van der Waals surface area (Å²) in [5.41, 5.74) is 1.23. The van der Waals surface area contributed by atoms with Gasteiger partial charge in [-0.3, -0.25) is 14.5 Å². The Balaban J connectivity index is 1.92. The maximum Gasteiger partial charge on any atom is 0.300 e. The smallest absolute Gasteiger partial charge is 0.300 e. The number of hydrogen-bond donors (Lipinski definition) is 1. The third-order valence-electron chi connectivity index (χ3n) is 6.07. The molecule has 1 aliphatic heterocycles. The van der Waals surface area contributed by atoms with E-state index in [1.807, 2.05) is 26.0 Å². The van der Waals surface area contributed by atoms with Crippen LogP contribution >= 0.6 is 11.6 Å². The van der Waals surface area contributed by atoms with Crippen molar-refractivity contribution >= 4 is 40.4 Å². The second-order valence-electron chi connectivity index (χ2n) is 8.04. The van der Waals surface area contributed by atoms with Crippen LogP contribution in [0.4, 0.5) is 20.2 Å². The molecule has 180 valence electrons. The Morgan fingerprint density at radius 1 is 0.971 bits per heavy atom. The Morgan fingerprint density at radius 3 is 2.17 bits per heavy atom. The molecule has 0 saturated carbocycles. The number of ketones is 1. The van der Waals surface area contributed by atoms with Crippen molar-refractivity contribution in [1.82, 2.24) is 0 Å². The highest BCUT2D eigenvalue weighted by Crippen LogP contribution is 2.43. The van der Waals surface area contributed by atoms with Crippen LogP contribution in [0.5, 0.6) is 0 Å². The number of halogens is 3. The maximum absolute atomic E-state index is 14.8. The molecule has 0 spiro atoms. The van der Waals surface area contributed by atoms with E-state index in [1.54, 1.807) is 24.3 Å². The second-order valence-corrected chi connectivity index (χ2v) is 8.47. The Morgan fingerprint density at radius 2 is 1.60 bits per heavy atom. The molecule has 1 amide bonds. The van der Waals surface area contributed by atoms with Crippen molar-refractivity contribution in [3.05, 3.63) is 100 Å². The third-order valence-corrected chi connectivity index (χ3v) is 6.32. The lowest BCUT2D eigenvalue weighted by Gasteiger charge is -2.27. The normalized spacial score (nSPS) is 17.2. The largest absolute Gasteiger partial charge is 0.507 e. The molecule has 5 nitrogen and oxygen atoms in total. The number of benzene rings is 3. The summed E-state index contributed by atoms with van der Waals surface area (Å²) >= 11 is 5.95. The molecule has 1 saturated heterocycles. The van der Waals surface area contributed by atoms with E-state index >= 15 is 0 Å². The first-order valence-corrected chi connectivity index (χ1v) is 11.5. The molecule has 0 aliphatic carbocycles. The van der Waals surface area contributed by atoms with Crippen LogP contribution < -0.4 is 9.80 Å². The molecule has 1 heterocycles. The first-order chi connectivity index (χ1) is 16.8. The predicted octanol–water partition coefficient (Wildman–Crippen LogP) is 6.09. The Bertz CT molecular complexity index is 1300. The molecular formula is C27H23ClF2N2O3. The van der Waals surface area contributed by atoms with Gasteiger partial charge in [-0.05, 0) is 67.9 Å². The summed E-state index contributed by atoms with van der Waals surface area (Å²) in [6, 6.07) is 14.9. The Hall–Kier alpha value is -3.71. The molecule has 1 atom stereocenters. The van der Waals surface area contributed by atoms with Crippen molar-refractivity contribution in [2.75, 3.05) is 22.9 Å². The van der Waals surface area contributed by atoms with Gasteiger partial charge in [-0.1, -0.05) is 23.7 Å². The molecule has 3 aromatic carbocycles. The zero-order valence-electron chi connectivity index (χ0n) is 19.1. The van der Waals surface area contributed by atoms with Crippen molar-refractivity contribution in [2.45, 2.75) is 19.9 Å². The van der Waals surface area contributed by atoms with Crippen molar-refractivity contribution in [1.29, 1.82) is 0 Å². The van der Waals surface area contributed by atoms with Gasteiger partial charge < -0.3 is 10.0 Å². The fourth-order valence-corrected chi connectivity index (χ4v) is 4.42. The van der Waals surface area contributed by atoms with Crippen LogP contribution in [-0.2, 0) is 9.59 Å². The molecule has 4 rings (SSSR count). The van der Waals surface area contributed by atoms with Crippen LogP contribution in [0.2, 0.25) is 5.02 Å². The number of anilines is 2. The average Bonchev–Trinajstić information content (AvgIpc) is 3.11. The quantitative estimate of drug-likeness (QED) is 0.255. The van der Waals surface area contributed by atoms with Gasteiger partial charge in [0.15, 0.2) is 0 Å². The lowest BCUT2D eigenvalue weighted by Crippen LogP contribution is -2.30. The Labute approximate surface area is 206 Å². The van der Waals surface area contributed by atoms with Crippen molar-refractivity contribution < 1.29 is 23.5 Å². The number of hydrogen-bond acceptors (Lipinski definition) is 4. The third kappa shape index (κ3) is 4.51. The fraction of sp³-hybridized carbons (Fsp3) is 0.185. The number of nitrogens with zero attached hydrogens (tertiary/aromatic N) is 2. The van der Waals surface area contributed by atoms with Gasteiger partial charge in [0.2, 0.25) is 0 Å². The first kappa shape index (κ1) is 24.4. The van der Waals surface area contributed by atoms with E-state index in [9.17, 15) is 23.5 Å². The minimum atomic E-state index is -1.13. The molecule has 1 unspecified atom stereocenters. The van der Waals surface area contributed by atoms with E-state index < -0.39 is 35.1 Å². The van der Waals surface area contributed by atoms with Crippen molar-refractivity contribution in [3.8, 4) is 0 Å². The van der Waals surface area contributed by atoms with Crippen LogP contribution in [0.1, 0.15) is 31.0 Å². The molecule has 35 heavy (non-hydrogen) atoms. The highest BCUT2D eigenvalue weighted by molar-refractivity contribution is 6.51. The molecule has 1 fully saturated rings. The van der Waals surface area contributed by atoms with Crippen LogP contribution in [0.25, 0.3) is 5.76 Å². The number of amides is 1. The standard InChI is InChI=1S/C27H23ClF2N2O3/c1-3-31(4-2)20-12-7-16(8-13-20)24-23(25(33)17-5-9-18(28)10-6-17)26(34)27(35)32(24)22-14-11-19(29)15-21(22)30/h5-15,24,33H,3-4H2,1-2H3/b25-23+. The van der Waals surface area contributed by atoms with Crippen LogP contribution in [0, 0.1) is 11.6 Å². The highest BCUT2D eigenvalue weighted by Gasteiger charge is 2.47. The van der Waals surface area contributed by atoms with Crippen molar-refractivity contribution in [2.24, 2.45) is 0 Å². The van der Waals surface area contributed by atoms with Gasteiger partial charge in [-0.25, -0.2) is 8.78 Å². The first-order valence-electron chi connectivity index (χ1n) is 11.1. The summed E-state index contributed by atoms with van der Waals surface area (Å²) in [4.78, 5) is 29.4. The van der Waals surface area contributed by atoms with E-state index in [0.29, 0.717) is 16.7 Å². The summed E-state index contributed by atoms with van der Waals surface area (Å²) in [5.74, 6) is -4.22. The number of aliphatic hydroxyl groups is 1. The van der Waals surface area contributed by atoms with Gasteiger partial charge in [0.05, 0.1) is 17.3 Å². The molecular weight excluding hydrogens is 474 g/mol. The van der Waals surface area contributed by atoms with E-state index in [2.05, 4.69) is 4.90 Å². The number of carbonyl (C=O) groups excluding carboxylic acids is 2. The average molecular weight is 497 g/mol. The number of aliphatic hydroxyl groups excluding tert-OH is 1. The maximum atomic E-state index is 14.8. The van der Waals surface area contributed by atoms with E-state index in [4.69, 9.17) is 11.6 Å². The van der Waals surface area contributed by atoms with Gasteiger partial charge in [0.1, 0.15) is 17.4 Å². The zero-order chi connectivity index (χ0) is 25.3. The van der Waals surface area contributed by atoms with Gasteiger partial charge in [0, 0.05) is 35.4 Å². The van der Waals surface area contributed by atoms with Gasteiger partial charge in [0.25, 0.3) is 11.7 Å². The van der Waals surface area contributed by atoms with Crippen LogP contribution in [0.15, 0.2) is 72.3 Å². The number of Topliss-reactive ketones (excluding diaryl/α,β-unsaturated/α-hetero) is 1. The van der Waals surface area contributed by atoms with Crippen molar-refractivity contribution in [3.63, 3.8) is 0 Å². The van der Waals surface area contributed by atoms with E-state index in [0.717, 1.165) is 35.8 Å². The topological polar surface area (TPSA) is 60.9 Å². The van der Waals surface area contributed by atoms with Gasteiger partial charge in [-0.2, -0.15) is 0 Å². The molecule has 0 bridgehead atoms. The van der Waals surface area contributed by atoms with E-state index in [1.165, 1.54) is 12.1 Å². The predicted molar refractivity (Wildman–Crippen MR) is 133 cm³/mol. The summed E-state index contributed by atoms with van der Waals surface area (Å²) in [5, 5.41) is 11.5. The van der Waals surface area contributed by atoms with Gasteiger partial charge >= 0.3 is 0 Å². The zero-order valence-corrected chi connectivity index (χ0v) is 19.9. The summed E-state index contributed by atoms with van der Waals surface area (Å²) in [7, 11) is 0. The molecule has 3 aromatic rings. The minimum Gasteiger partial charge on any atom is -0.507 e. The Kier molecular flexibility index (Phi) is 6.89. The monoisotopic (exact) mass is 496 g/mol. The number of rotatable bonds is 6. The highest BCUT2D eigenvalue weighted by atomic mass is 35.5. The molecule has 0 aromatic heterocycles. The summed E-state index contributed by atoms with van der Waals surface area (Å²) < 4.78 is 28.4. The molecule has 8 heteroatoms. The SMILES string of the molecule is CCN(CC)c1ccc(C2/C(=C(\O)c3ccc(Cl)cc3)C(=O)C(=O)N2c2ccc(F)cc2F)cc1. The molecule has 0 radical (unpaired) electrons. The van der Waals surface area contributed by atoms with Gasteiger partial charge in [-0.15, -0.1) is 0 Å². The van der Waals surface area contributed by atoms with E-state index in [-0.39, 0.29) is 16.8 Å². The van der Waals surface area contributed by atoms with Crippen LogP contribution in [-0.4, -0.2) is 29.9 Å². The lowest BCUT2D eigenvalue weighted by molar-refractivity contribution is -0.132. The summed E-state index contributed by atoms with van der Waals surface area (Å²) in [6.07, 6.45) is 0. The number of carbonyl (C=O) groups is 2. The lowest BCUT2D eigenvalue weighted by atomic mass is 9.95. The minimum absolute atomic E-state index is 0.198. The fourth-order valence-electron chi connectivity index (χ4n) is 4.29. The molecule has 1 N–H and O–H groups in total. The molecule has 1 aliphatic rings.